The predicted octanol–water partition coefficient (Wildman–Crippen LogP) is 0.839. The number of piperidine rings is 1. The topological polar surface area (TPSA) is 84.7 Å². The molecule has 6 nitrogen and oxygen atoms in total. The summed E-state index contributed by atoms with van der Waals surface area (Å²) in [7, 11) is -3.09. The molecule has 3 unspecified atom stereocenters. The van der Waals surface area contributed by atoms with Crippen molar-refractivity contribution >= 4 is 10.0 Å². The minimum Gasteiger partial charge on any atom is -0.374 e. The second-order valence-electron chi connectivity index (χ2n) is 6.70. The van der Waals surface area contributed by atoms with Crippen LogP contribution in [0, 0.1) is 5.92 Å². The standard InChI is InChI=1S/C14H29N3O3S/c1-14(7-3-4-9-20-14)13(16-15)10-12-6-5-8-17(11-12)21(2,18)19/h12-13,16H,3-11,15H2,1-2H3. The molecule has 3 atom stereocenters. The predicted molar refractivity (Wildman–Crippen MR) is 83.1 cm³/mol. The van der Waals surface area contributed by atoms with E-state index in [-0.39, 0.29) is 11.6 Å². The SMILES string of the molecule is CC1(C(CC2CCCN(S(C)(=O)=O)C2)NN)CCCCO1. The fraction of sp³-hybridized carbons (Fsp3) is 1.00. The van der Waals surface area contributed by atoms with Crippen molar-refractivity contribution in [2.45, 2.75) is 57.1 Å². The van der Waals surface area contributed by atoms with Crippen LogP contribution in [-0.4, -0.2) is 50.3 Å². The summed E-state index contributed by atoms with van der Waals surface area (Å²) in [4.78, 5) is 0. The number of hydrogen-bond donors (Lipinski definition) is 2. The van der Waals surface area contributed by atoms with Gasteiger partial charge in [0.15, 0.2) is 0 Å². The van der Waals surface area contributed by atoms with Crippen molar-refractivity contribution in [1.29, 1.82) is 0 Å². The molecular formula is C14H29N3O3S. The summed E-state index contributed by atoms with van der Waals surface area (Å²) in [5.74, 6) is 6.11. The molecule has 0 aromatic rings. The highest BCUT2D eigenvalue weighted by atomic mass is 32.2. The molecule has 0 aromatic carbocycles. The minimum absolute atomic E-state index is 0.0716. The van der Waals surface area contributed by atoms with E-state index in [0.717, 1.165) is 45.1 Å². The molecule has 2 fully saturated rings. The van der Waals surface area contributed by atoms with E-state index in [9.17, 15) is 8.42 Å². The number of nitrogens with one attached hydrogen (secondary N) is 1. The molecule has 0 bridgehead atoms. The van der Waals surface area contributed by atoms with E-state index in [1.165, 1.54) is 6.26 Å². The Hall–Kier alpha value is -0.210. The Balaban J connectivity index is 1.98. The van der Waals surface area contributed by atoms with Crippen molar-refractivity contribution in [2.75, 3.05) is 26.0 Å². The number of hydrazine groups is 1. The summed E-state index contributed by atoms with van der Waals surface area (Å²) in [6, 6.07) is 0.0716. The van der Waals surface area contributed by atoms with Crippen LogP contribution in [0.1, 0.15) is 45.4 Å². The summed E-state index contributed by atoms with van der Waals surface area (Å²) >= 11 is 0. The zero-order valence-electron chi connectivity index (χ0n) is 13.2. The highest BCUT2D eigenvalue weighted by Crippen LogP contribution is 2.32. The van der Waals surface area contributed by atoms with E-state index in [1.54, 1.807) is 4.31 Å². The van der Waals surface area contributed by atoms with Crippen LogP contribution in [-0.2, 0) is 14.8 Å². The van der Waals surface area contributed by atoms with Gasteiger partial charge in [-0.15, -0.1) is 0 Å². The normalized spacial score (nSPS) is 33.8. The van der Waals surface area contributed by atoms with Crippen molar-refractivity contribution in [3.05, 3.63) is 0 Å². The molecule has 2 saturated heterocycles. The molecule has 2 aliphatic rings. The molecule has 0 spiro atoms. The maximum absolute atomic E-state index is 11.7. The second-order valence-corrected chi connectivity index (χ2v) is 8.68. The lowest BCUT2D eigenvalue weighted by atomic mass is 9.81. The fourth-order valence-electron chi connectivity index (χ4n) is 3.58. The van der Waals surface area contributed by atoms with E-state index >= 15 is 0 Å². The molecule has 0 aromatic heterocycles. The Bertz CT molecular complexity index is 435. The van der Waals surface area contributed by atoms with Gasteiger partial charge in [-0.2, -0.15) is 0 Å². The van der Waals surface area contributed by atoms with Crippen molar-refractivity contribution in [3.8, 4) is 0 Å². The van der Waals surface area contributed by atoms with E-state index in [2.05, 4.69) is 12.3 Å². The summed E-state index contributed by atoms with van der Waals surface area (Å²) < 4.78 is 31.0. The first-order chi connectivity index (χ1) is 9.85. The van der Waals surface area contributed by atoms with Crippen molar-refractivity contribution in [2.24, 2.45) is 11.8 Å². The molecular weight excluding hydrogens is 290 g/mol. The van der Waals surface area contributed by atoms with Crippen LogP contribution in [0.15, 0.2) is 0 Å². The van der Waals surface area contributed by atoms with Crippen LogP contribution >= 0.6 is 0 Å². The molecule has 21 heavy (non-hydrogen) atoms. The average molecular weight is 319 g/mol. The Morgan fingerprint density at radius 2 is 2.19 bits per heavy atom. The monoisotopic (exact) mass is 319 g/mol. The molecule has 0 aliphatic carbocycles. The van der Waals surface area contributed by atoms with Gasteiger partial charge in [-0.1, -0.05) is 0 Å². The molecule has 2 rings (SSSR count). The fourth-order valence-corrected chi connectivity index (χ4v) is 4.52. The molecule has 0 radical (unpaired) electrons. The number of nitrogens with two attached hydrogens (primary N) is 1. The first-order valence-corrected chi connectivity index (χ1v) is 9.75. The van der Waals surface area contributed by atoms with Crippen LogP contribution < -0.4 is 11.3 Å². The molecule has 7 heteroatoms. The van der Waals surface area contributed by atoms with Gasteiger partial charge < -0.3 is 4.74 Å². The molecule has 2 aliphatic heterocycles. The number of ether oxygens (including phenoxy) is 1. The average Bonchev–Trinajstić information content (AvgIpc) is 2.45. The van der Waals surface area contributed by atoms with Gasteiger partial charge in [-0.25, -0.2) is 12.7 Å². The molecule has 3 N–H and O–H groups in total. The van der Waals surface area contributed by atoms with Crippen molar-refractivity contribution < 1.29 is 13.2 Å². The molecule has 124 valence electrons. The van der Waals surface area contributed by atoms with Gasteiger partial charge in [0.2, 0.25) is 10.0 Å². The highest BCUT2D eigenvalue weighted by Gasteiger charge is 2.38. The summed E-state index contributed by atoms with van der Waals surface area (Å²) in [6.45, 7) is 4.15. The number of nitrogens with zero attached hydrogens (tertiary/aromatic N) is 1. The first kappa shape index (κ1) is 17.1. The first-order valence-electron chi connectivity index (χ1n) is 7.90. The van der Waals surface area contributed by atoms with Crippen LogP contribution in [0.2, 0.25) is 0 Å². The maximum atomic E-state index is 11.7. The third-order valence-electron chi connectivity index (χ3n) is 4.96. The van der Waals surface area contributed by atoms with Gasteiger partial charge in [0.1, 0.15) is 0 Å². The van der Waals surface area contributed by atoms with Crippen molar-refractivity contribution in [3.63, 3.8) is 0 Å². The zero-order valence-corrected chi connectivity index (χ0v) is 14.0. The summed E-state index contributed by atoms with van der Waals surface area (Å²) in [5.41, 5.74) is 2.68. The molecule has 0 saturated carbocycles. The van der Waals surface area contributed by atoms with Gasteiger partial charge in [0.05, 0.1) is 17.9 Å². The Morgan fingerprint density at radius 3 is 2.76 bits per heavy atom. The highest BCUT2D eigenvalue weighted by molar-refractivity contribution is 7.88. The van der Waals surface area contributed by atoms with E-state index in [1.807, 2.05) is 0 Å². The number of hydrogen-bond acceptors (Lipinski definition) is 5. The van der Waals surface area contributed by atoms with Crippen LogP contribution in [0.25, 0.3) is 0 Å². The van der Waals surface area contributed by atoms with Gasteiger partial charge in [-0.3, -0.25) is 11.3 Å². The summed E-state index contributed by atoms with van der Waals surface area (Å²) in [6.07, 6.45) is 7.41. The third-order valence-corrected chi connectivity index (χ3v) is 6.23. The zero-order chi connectivity index (χ0) is 15.5. The van der Waals surface area contributed by atoms with Gasteiger partial charge >= 0.3 is 0 Å². The lowest BCUT2D eigenvalue weighted by Gasteiger charge is -2.42. The summed E-state index contributed by atoms with van der Waals surface area (Å²) in [5, 5.41) is 0. The Morgan fingerprint density at radius 1 is 1.43 bits per heavy atom. The van der Waals surface area contributed by atoms with Gasteiger partial charge in [0, 0.05) is 19.7 Å². The van der Waals surface area contributed by atoms with E-state index < -0.39 is 10.0 Å². The molecule has 2 heterocycles. The molecule has 0 amide bonds. The van der Waals surface area contributed by atoms with Gasteiger partial charge in [-0.05, 0) is 51.4 Å². The van der Waals surface area contributed by atoms with E-state index in [4.69, 9.17) is 10.6 Å². The number of rotatable bonds is 5. The van der Waals surface area contributed by atoms with Crippen LogP contribution in [0.4, 0.5) is 0 Å². The third kappa shape index (κ3) is 4.39. The van der Waals surface area contributed by atoms with Gasteiger partial charge in [0.25, 0.3) is 0 Å². The number of sulfonamides is 1. The lowest BCUT2D eigenvalue weighted by Crippen LogP contribution is -2.56. The largest absolute Gasteiger partial charge is 0.374 e. The second kappa shape index (κ2) is 6.91. The maximum Gasteiger partial charge on any atom is 0.211 e. The minimum atomic E-state index is -3.09. The Labute approximate surface area is 128 Å². The van der Waals surface area contributed by atoms with E-state index in [0.29, 0.717) is 19.0 Å². The Kier molecular flexibility index (Phi) is 5.65. The lowest BCUT2D eigenvalue weighted by molar-refractivity contribution is -0.0936. The van der Waals surface area contributed by atoms with Crippen LogP contribution in [0.5, 0.6) is 0 Å². The smallest absolute Gasteiger partial charge is 0.211 e. The van der Waals surface area contributed by atoms with Crippen molar-refractivity contribution in [1.82, 2.24) is 9.73 Å². The van der Waals surface area contributed by atoms with Crippen LogP contribution in [0.3, 0.4) is 0 Å². The quantitative estimate of drug-likeness (QED) is 0.579.